The van der Waals surface area contributed by atoms with Gasteiger partial charge in [0.25, 0.3) is 5.91 Å². The van der Waals surface area contributed by atoms with Crippen molar-refractivity contribution in [1.82, 2.24) is 10.0 Å². The lowest BCUT2D eigenvalue weighted by Crippen LogP contribution is -2.29. The van der Waals surface area contributed by atoms with Crippen LogP contribution in [0.1, 0.15) is 41.7 Å². The highest BCUT2D eigenvalue weighted by Crippen LogP contribution is 2.24. The second-order valence-corrected chi connectivity index (χ2v) is 10.7. The molecule has 1 aliphatic rings. The molecule has 0 aliphatic heterocycles. The van der Waals surface area contributed by atoms with E-state index in [-0.39, 0.29) is 11.6 Å². The first-order valence-corrected chi connectivity index (χ1v) is 12.5. The molecule has 1 fully saturated rings. The van der Waals surface area contributed by atoms with Gasteiger partial charge in [0.15, 0.2) is 0 Å². The van der Waals surface area contributed by atoms with Crippen molar-refractivity contribution in [3.8, 4) is 0 Å². The number of carbonyl (C=O) groups excluding carboxylic acids is 1. The first kappa shape index (κ1) is 22.2. The van der Waals surface area contributed by atoms with Gasteiger partial charge in [-0.25, -0.2) is 25.9 Å². The summed E-state index contributed by atoms with van der Waals surface area (Å²) in [6.07, 6.45) is 2.43. The van der Waals surface area contributed by atoms with Gasteiger partial charge < -0.3 is 5.32 Å². The predicted octanol–water partition coefficient (Wildman–Crippen LogP) is 2.13. The molecule has 30 heavy (non-hydrogen) atoms. The summed E-state index contributed by atoms with van der Waals surface area (Å²) >= 11 is 0. The first-order valence-electron chi connectivity index (χ1n) is 9.15. The molecule has 2 aromatic carbocycles. The van der Waals surface area contributed by atoms with Crippen LogP contribution in [-0.2, 0) is 20.0 Å². The van der Waals surface area contributed by atoms with Crippen LogP contribution in [0.5, 0.6) is 0 Å². The lowest BCUT2D eigenvalue weighted by Gasteiger charge is -2.16. The molecule has 3 N–H and O–H groups in total. The van der Waals surface area contributed by atoms with Crippen LogP contribution >= 0.6 is 0 Å². The molecule has 0 bridgehead atoms. The summed E-state index contributed by atoms with van der Waals surface area (Å²) in [6.45, 7) is 1.69. The van der Waals surface area contributed by atoms with E-state index in [1.54, 1.807) is 31.2 Å². The van der Waals surface area contributed by atoms with Crippen LogP contribution in [0.4, 0.5) is 10.1 Å². The summed E-state index contributed by atoms with van der Waals surface area (Å²) in [5.41, 5.74) is 0.963. The van der Waals surface area contributed by atoms with Crippen LogP contribution in [0.15, 0.2) is 47.4 Å². The minimum atomic E-state index is -4.06. The fraction of sp³-hybridized carbons (Fsp3) is 0.316. The molecule has 0 radical (unpaired) electrons. The summed E-state index contributed by atoms with van der Waals surface area (Å²) in [5.74, 6) is -1.53. The highest BCUT2D eigenvalue weighted by atomic mass is 32.2. The van der Waals surface area contributed by atoms with E-state index >= 15 is 0 Å². The Hall–Kier alpha value is -2.50. The molecular weight excluding hydrogens is 433 g/mol. The summed E-state index contributed by atoms with van der Waals surface area (Å²) in [5, 5.41) is 2.70. The third-order valence-corrected chi connectivity index (χ3v) is 6.56. The molecule has 1 atom stereocenters. The maximum Gasteiger partial charge on any atom is 0.251 e. The SMILES string of the molecule is CC(NC(=O)c1ccc(F)c(S(=O)(=O)NC2CC2)c1)c1cccc(NS(C)(=O)=O)c1. The Balaban J connectivity index is 1.77. The molecule has 0 spiro atoms. The lowest BCUT2D eigenvalue weighted by molar-refractivity contribution is 0.0939. The number of benzene rings is 2. The van der Waals surface area contributed by atoms with Crippen LogP contribution in [-0.4, -0.2) is 35.0 Å². The van der Waals surface area contributed by atoms with E-state index in [9.17, 15) is 26.0 Å². The van der Waals surface area contributed by atoms with Crippen molar-refractivity contribution in [3.05, 3.63) is 59.4 Å². The molecule has 11 heteroatoms. The minimum Gasteiger partial charge on any atom is -0.346 e. The smallest absolute Gasteiger partial charge is 0.251 e. The van der Waals surface area contributed by atoms with Crippen molar-refractivity contribution < 1.29 is 26.0 Å². The lowest BCUT2D eigenvalue weighted by atomic mass is 10.1. The Bertz CT molecular complexity index is 1180. The van der Waals surface area contributed by atoms with Crippen molar-refractivity contribution in [1.29, 1.82) is 0 Å². The van der Waals surface area contributed by atoms with Crippen molar-refractivity contribution in [2.45, 2.75) is 36.7 Å². The number of rotatable bonds is 8. The highest BCUT2D eigenvalue weighted by Gasteiger charge is 2.30. The average Bonchev–Trinajstić information content (AvgIpc) is 3.43. The maximum absolute atomic E-state index is 14.1. The molecule has 1 unspecified atom stereocenters. The number of hydrogen-bond acceptors (Lipinski definition) is 5. The topological polar surface area (TPSA) is 121 Å². The molecule has 3 rings (SSSR count). The van der Waals surface area contributed by atoms with Crippen LogP contribution < -0.4 is 14.8 Å². The van der Waals surface area contributed by atoms with Gasteiger partial charge in [-0.05, 0) is 55.7 Å². The molecule has 8 nitrogen and oxygen atoms in total. The Morgan fingerprint density at radius 3 is 2.43 bits per heavy atom. The Kier molecular flexibility index (Phi) is 6.16. The monoisotopic (exact) mass is 455 g/mol. The molecule has 1 saturated carbocycles. The normalized spacial score (nSPS) is 15.4. The first-order chi connectivity index (χ1) is 13.9. The van der Waals surface area contributed by atoms with Crippen LogP contribution in [0.2, 0.25) is 0 Å². The Morgan fingerprint density at radius 1 is 1.10 bits per heavy atom. The second kappa shape index (κ2) is 8.32. The standard InChI is InChI=1S/C19H22FN3O5S2/c1-12(13-4-3-5-16(10-13)22-29(2,25)26)21-19(24)14-6-9-17(20)18(11-14)30(27,28)23-15-7-8-15/h3-6,9-12,15,22-23H,7-8H2,1-2H3,(H,21,24). The highest BCUT2D eigenvalue weighted by molar-refractivity contribution is 7.92. The molecular formula is C19H22FN3O5S2. The molecule has 162 valence electrons. The zero-order valence-electron chi connectivity index (χ0n) is 16.3. The number of amides is 1. The minimum absolute atomic E-state index is 0.00941. The molecule has 0 heterocycles. The number of carbonyl (C=O) groups is 1. The van der Waals surface area contributed by atoms with E-state index in [4.69, 9.17) is 0 Å². The average molecular weight is 456 g/mol. The third-order valence-electron chi connectivity index (χ3n) is 4.42. The van der Waals surface area contributed by atoms with E-state index in [1.165, 1.54) is 6.07 Å². The number of sulfonamides is 2. The van der Waals surface area contributed by atoms with E-state index in [2.05, 4.69) is 14.8 Å². The number of anilines is 1. The summed E-state index contributed by atoms with van der Waals surface area (Å²) in [4.78, 5) is 12.0. The van der Waals surface area contributed by atoms with Gasteiger partial charge >= 0.3 is 0 Å². The van der Waals surface area contributed by atoms with E-state index < -0.39 is 42.7 Å². The van der Waals surface area contributed by atoms with Crippen molar-refractivity contribution in [2.24, 2.45) is 0 Å². The van der Waals surface area contributed by atoms with Gasteiger partial charge in [-0.2, -0.15) is 0 Å². The number of halogens is 1. The quantitative estimate of drug-likeness (QED) is 0.563. The Labute approximate surface area is 175 Å². The molecule has 1 amide bonds. The number of hydrogen-bond donors (Lipinski definition) is 3. The van der Waals surface area contributed by atoms with Crippen LogP contribution in [0.3, 0.4) is 0 Å². The summed E-state index contributed by atoms with van der Waals surface area (Å²) in [6, 6.07) is 8.93. The van der Waals surface area contributed by atoms with Crippen molar-refractivity contribution in [2.75, 3.05) is 11.0 Å². The molecule has 1 aliphatic carbocycles. The predicted molar refractivity (Wildman–Crippen MR) is 111 cm³/mol. The summed E-state index contributed by atoms with van der Waals surface area (Å²) < 4.78 is 66.3. The molecule has 0 saturated heterocycles. The van der Waals surface area contributed by atoms with Crippen LogP contribution in [0.25, 0.3) is 0 Å². The largest absolute Gasteiger partial charge is 0.346 e. The van der Waals surface area contributed by atoms with Crippen molar-refractivity contribution in [3.63, 3.8) is 0 Å². The molecule has 0 aromatic heterocycles. The van der Waals surface area contributed by atoms with Gasteiger partial charge in [0.1, 0.15) is 10.7 Å². The molecule has 2 aromatic rings. The number of nitrogens with one attached hydrogen (secondary N) is 3. The van der Waals surface area contributed by atoms with Gasteiger partial charge in [-0.1, -0.05) is 12.1 Å². The van der Waals surface area contributed by atoms with E-state index in [0.29, 0.717) is 24.1 Å². The zero-order chi connectivity index (χ0) is 22.1. The van der Waals surface area contributed by atoms with Gasteiger partial charge in [-0.3, -0.25) is 9.52 Å². The second-order valence-electron chi connectivity index (χ2n) is 7.24. The fourth-order valence-corrected chi connectivity index (χ4v) is 4.75. The van der Waals surface area contributed by atoms with E-state index in [0.717, 1.165) is 18.4 Å². The van der Waals surface area contributed by atoms with Crippen molar-refractivity contribution >= 4 is 31.6 Å². The van der Waals surface area contributed by atoms with E-state index in [1.807, 2.05) is 0 Å². The van der Waals surface area contributed by atoms with Gasteiger partial charge in [0.05, 0.1) is 12.3 Å². The van der Waals surface area contributed by atoms with Crippen LogP contribution in [0, 0.1) is 5.82 Å². The third kappa shape index (κ3) is 5.77. The van der Waals surface area contributed by atoms with Gasteiger partial charge in [0, 0.05) is 17.3 Å². The fourth-order valence-electron chi connectivity index (χ4n) is 2.78. The van der Waals surface area contributed by atoms with Gasteiger partial charge in [-0.15, -0.1) is 0 Å². The summed E-state index contributed by atoms with van der Waals surface area (Å²) in [7, 11) is -7.51. The van der Waals surface area contributed by atoms with Gasteiger partial charge in [0.2, 0.25) is 20.0 Å². The Morgan fingerprint density at radius 2 is 1.80 bits per heavy atom. The zero-order valence-corrected chi connectivity index (χ0v) is 18.0. The maximum atomic E-state index is 14.1.